The summed E-state index contributed by atoms with van der Waals surface area (Å²) in [6.45, 7) is 5.25. The van der Waals surface area contributed by atoms with Crippen LogP contribution in [0.4, 0.5) is 5.69 Å². The summed E-state index contributed by atoms with van der Waals surface area (Å²) in [6, 6.07) is 7.07. The van der Waals surface area contributed by atoms with Crippen LogP contribution in [0.1, 0.15) is 26.3 Å². The number of rotatable bonds is 2. The third kappa shape index (κ3) is 2.32. The van der Waals surface area contributed by atoms with Gasteiger partial charge in [0.05, 0.1) is 12.2 Å². The fourth-order valence-corrected chi connectivity index (χ4v) is 1.94. The normalized spacial score (nSPS) is 25.9. The van der Waals surface area contributed by atoms with Gasteiger partial charge in [-0.2, -0.15) is 0 Å². The highest BCUT2D eigenvalue weighted by Crippen LogP contribution is 2.35. The fourth-order valence-electron chi connectivity index (χ4n) is 1.94. The molecule has 1 saturated heterocycles. The molecule has 0 unspecified atom stereocenters. The molecule has 18 heavy (non-hydrogen) atoms. The van der Waals surface area contributed by atoms with E-state index in [4.69, 9.17) is 15.2 Å². The van der Waals surface area contributed by atoms with E-state index in [1.54, 1.807) is 24.3 Å². The van der Waals surface area contributed by atoms with E-state index in [0.29, 0.717) is 5.69 Å². The molecule has 98 valence electrons. The van der Waals surface area contributed by atoms with Crippen molar-refractivity contribution in [2.75, 3.05) is 5.73 Å². The Hall–Kier alpha value is -1.59. The van der Waals surface area contributed by atoms with Gasteiger partial charge >= 0.3 is 0 Å². The Morgan fingerprint density at radius 1 is 1.22 bits per heavy atom. The number of anilines is 1. The molecule has 5 heteroatoms. The summed E-state index contributed by atoms with van der Waals surface area (Å²) in [5.41, 5.74) is 7.03. The number of amides is 1. The maximum atomic E-state index is 11.4. The highest BCUT2D eigenvalue weighted by molar-refractivity contribution is 5.73. The van der Waals surface area contributed by atoms with E-state index < -0.39 is 5.91 Å². The molecule has 2 atom stereocenters. The lowest BCUT2D eigenvalue weighted by atomic mass is 10.1. The van der Waals surface area contributed by atoms with Crippen molar-refractivity contribution in [1.29, 1.82) is 0 Å². The SMILES string of the molecule is CC(=O)NC1(c2ccc(N)cc2)O[C@H](C)[C@@H](C)O1. The number of nitrogens with two attached hydrogens (primary N) is 1. The Kier molecular flexibility index (Phi) is 3.28. The number of hydrogen-bond acceptors (Lipinski definition) is 4. The van der Waals surface area contributed by atoms with Crippen molar-refractivity contribution in [3.63, 3.8) is 0 Å². The van der Waals surface area contributed by atoms with E-state index in [9.17, 15) is 4.79 Å². The third-order valence-corrected chi connectivity index (χ3v) is 3.00. The first-order chi connectivity index (χ1) is 8.43. The van der Waals surface area contributed by atoms with Gasteiger partial charge in [0.2, 0.25) is 5.91 Å². The molecule has 0 saturated carbocycles. The second-order valence-corrected chi connectivity index (χ2v) is 4.57. The highest BCUT2D eigenvalue weighted by Gasteiger charge is 2.46. The molecule has 2 rings (SSSR count). The fraction of sp³-hybridized carbons (Fsp3) is 0.462. The third-order valence-electron chi connectivity index (χ3n) is 3.00. The summed E-state index contributed by atoms with van der Waals surface area (Å²) < 4.78 is 11.6. The van der Waals surface area contributed by atoms with Crippen LogP contribution in [0.3, 0.4) is 0 Å². The van der Waals surface area contributed by atoms with Gasteiger partial charge < -0.3 is 20.5 Å². The molecular formula is C13H18N2O3. The monoisotopic (exact) mass is 250 g/mol. The number of carbonyl (C=O) groups is 1. The van der Waals surface area contributed by atoms with Crippen LogP contribution in [0.2, 0.25) is 0 Å². The Bertz CT molecular complexity index is 434. The van der Waals surface area contributed by atoms with Crippen LogP contribution in [0.5, 0.6) is 0 Å². The van der Waals surface area contributed by atoms with E-state index in [1.165, 1.54) is 6.92 Å². The van der Waals surface area contributed by atoms with Gasteiger partial charge in [-0.3, -0.25) is 4.79 Å². The first kappa shape index (κ1) is 12.9. The lowest BCUT2D eigenvalue weighted by Crippen LogP contribution is -2.46. The predicted octanol–water partition coefficient (Wildman–Crippen LogP) is 1.34. The zero-order chi connectivity index (χ0) is 13.3. The van der Waals surface area contributed by atoms with Gasteiger partial charge in [-0.15, -0.1) is 0 Å². The van der Waals surface area contributed by atoms with Crippen molar-refractivity contribution in [3.05, 3.63) is 29.8 Å². The molecule has 3 N–H and O–H groups in total. The first-order valence-corrected chi connectivity index (χ1v) is 5.93. The smallest absolute Gasteiger partial charge is 0.280 e. The number of hydrogen-bond donors (Lipinski definition) is 2. The van der Waals surface area contributed by atoms with E-state index in [1.807, 2.05) is 13.8 Å². The summed E-state index contributed by atoms with van der Waals surface area (Å²) in [5, 5.41) is 2.73. The van der Waals surface area contributed by atoms with Crippen molar-refractivity contribution in [2.45, 2.75) is 38.9 Å². The molecule has 5 nitrogen and oxygen atoms in total. The summed E-state index contributed by atoms with van der Waals surface area (Å²) in [7, 11) is 0. The van der Waals surface area contributed by atoms with E-state index in [0.717, 1.165) is 5.56 Å². The second kappa shape index (κ2) is 4.59. The van der Waals surface area contributed by atoms with Crippen molar-refractivity contribution in [3.8, 4) is 0 Å². The molecule has 0 spiro atoms. The first-order valence-electron chi connectivity index (χ1n) is 5.93. The maximum Gasteiger partial charge on any atom is 0.280 e. The van der Waals surface area contributed by atoms with Gasteiger partial charge in [-0.1, -0.05) is 0 Å². The molecule has 1 aliphatic rings. The Labute approximate surface area is 106 Å². The predicted molar refractivity (Wildman–Crippen MR) is 67.4 cm³/mol. The number of nitrogens with one attached hydrogen (secondary N) is 1. The number of nitrogen functional groups attached to an aromatic ring is 1. The second-order valence-electron chi connectivity index (χ2n) is 4.57. The minimum absolute atomic E-state index is 0.102. The van der Waals surface area contributed by atoms with Gasteiger partial charge in [-0.05, 0) is 38.1 Å². The molecule has 1 aliphatic heterocycles. The molecule has 0 aliphatic carbocycles. The zero-order valence-corrected chi connectivity index (χ0v) is 10.8. The van der Waals surface area contributed by atoms with Crippen molar-refractivity contribution < 1.29 is 14.3 Å². The highest BCUT2D eigenvalue weighted by atomic mass is 16.8. The van der Waals surface area contributed by atoms with Gasteiger partial charge in [0.15, 0.2) is 0 Å². The molecule has 0 aromatic heterocycles. The Morgan fingerprint density at radius 2 is 1.72 bits per heavy atom. The molecule has 1 heterocycles. The topological polar surface area (TPSA) is 73.6 Å². The minimum atomic E-state index is -1.21. The van der Waals surface area contributed by atoms with Crippen LogP contribution in [-0.2, 0) is 20.2 Å². The van der Waals surface area contributed by atoms with Gasteiger partial charge in [0.25, 0.3) is 5.91 Å². The Balaban J connectivity index is 2.37. The van der Waals surface area contributed by atoms with E-state index in [2.05, 4.69) is 5.32 Å². The zero-order valence-electron chi connectivity index (χ0n) is 10.8. The largest absolute Gasteiger partial charge is 0.399 e. The number of benzene rings is 1. The average Bonchev–Trinajstić information content (AvgIpc) is 2.55. The van der Waals surface area contributed by atoms with Gasteiger partial charge in [0.1, 0.15) is 0 Å². The molecule has 0 bridgehead atoms. The van der Waals surface area contributed by atoms with E-state index in [-0.39, 0.29) is 18.1 Å². The summed E-state index contributed by atoms with van der Waals surface area (Å²) >= 11 is 0. The lowest BCUT2D eigenvalue weighted by molar-refractivity contribution is -0.206. The number of carbonyl (C=O) groups excluding carboxylic acids is 1. The van der Waals surface area contributed by atoms with Crippen molar-refractivity contribution in [2.24, 2.45) is 0 Å². The van der Waals surface area contributed by atoms with Crippen LogP contribution in [-0.4, -0.2) is 18.1 Å². The van der Waals surface area contributed by atoms with Crippen LogP contribution < -0.4 is 11.1 Å². The molecule has 1 amide bonds. The summed E-state index contributed by atoms with van der Waals surface area (Å²) in [4.78, 5) is 11.4. The van der Waals surface area contributed by atoms with Crippen molar-refractivity contribution in [1.82, 2.24) is 5.32 Å². The average molecular weight is 250 g/mol. The van der Waals surface area contributed by atoms with Crippen LogP contribution in [0.15, 0.2) is 24.3 Å². The summed E-state index contributed by atoms with van der Waals surface area (Å²) in [5.74, 6) is -1.42. The molecule has 0 radical (unpaired) electrons. The quantitative estimate of drug-likeness (QED) is 0.777. The van der Waals surface area contributed by atoms with Crippen LogP contribution >= 0.6 is 0 Å². The lowest BCUT2D eigenvalue weighted by Gasteiger charge is -2.28. The van der Waals surface area contributed by atoms with Gasteiger partial charge in [0, 0.05) is 18.2 Å². The molecule has 1 aromatic carbocycles. The van der Waals surface area contributed by atoms with Crippen LogP contribution in [0, 0.1) is 0 Å². The molecule has 1 aromatic rings. The van der Waals surface area contributed by atoms with E-state index >= 15 is 0 Å². The van der Waals surface area contributed by atoms with Crippen LogP contribution in [0.25, 0.3) is 0 Å². The molecule has 1 fully saturated rings. The summed E-state index contributed by atoms with van der Waals surface area (Å²) in [6.07, 6.45) is -0.205. The maximum absolute atomic E-state index is 11.4. The standard InChI is InChI=1S/C13H18N2O3/c1-8-9(2)18-13(17-8,15-10(3)16)11-4-6-12(14)7-5-11/h4-9H,14H2,1-3H3,(H,15,16)/t8-,9-/m1/s1. The van der Waals surface area contributed by atoms with Crippen molar-refractivity contribution >= 4 is 11.6 Å². The van der Waals surface area contributed by atoms with Gasteiger partial charge in [-0.25, -0.2) is 0 Å². The Morgan fingerprint density at radius 3 is 2.17 bits per heavy atom. The molecular weight excluding hydrogens is 232 g/mol. The number of ether oxygens (including phenoxy) is 2. The minimum Gasteiger partial charge on any atom is -0.399 e.